The SMILES string of the molecule is C=C[C@@H](n1cc(Br)cn1)C1(c2ccccc2)CC1. The van der Waals surface area contributed by atoms with Gasteiger partial charge in [-0.25, -0.2) is 0 Å². The molecule has 1 aliphatic rings. The van der Waals surface area contributed by atoms with E-state index in [0.717, 1.165) is 4.47 Å². The van der Waals surface area contributed by atoms with Crippen molar-refractivity contribution in [3.05, 3.63) is 65.4 Å². The van der Waals surface area contributed by atoms with Gasteiger partial charge in [-0.3, -0.25) is 4.68 Å². The van der Waals surface area contributed by atoms with Gasteiger partial charge in [0.25, 0.3) is 0 Å². The Bertz CT molecular complexity index is 555. The molecule has 0 saturated heterocycles. The summed E-state index contributed by atoms with van der Waals surface area (Å²) >= 11 is 3.46. The molecule has 1 atom stereocenters. The van der Waals surface area contributed by atoms with Crippen molar-refractivity contribution in [2.45, 2.75) is 24.3 Å². The average molecular weight is 303 g/mol. The topological polar surface area (TPSA) is 17.8 Å². The number of nitrogens with zero attached hydrogens (tertiary/aromatic N) is 2. The van der Waals surface area contributed by atoms with Crippen LogP contribution in [0.3, 0.4) is 0 Å². The summed E-state index contributed by atoms with van der Waals surface area (Å²) in [7, 11) is 0. The third kappa shape index (κ3) is 1.83. The molecule has 1 aromatic heterocycles. The summed E-state index contributed by atoms with van der Waals surface area (Å²) in [5.74, 6) is 0. The Labute approximate surface area is 115 Å². The van der Waals surface area contributed by atoms with Crippen molar-refractivity contribution in [3.8, 4) is 0 Å². The van der Waals surface area contributed by atoms with E-state index in [9.17, 15) is 0 Å². The summed E-state index contributed by atoms with van der Waals surface area (Å²) in [6.07, 6.45) is 8.27. The molecule has 3 heteroatoms. The minimum atomic E-state index is 0.189. The zero-order chi connectivity index (χ0) is 12.6. The Morgan fingerprint density at radius 3 is 2.56 bits per heavy atom. The number of hydrogen-bond acceptors (Lipinski definition) is 1. The van der Waals surface area contributed by atoms with Gasteiger partial charge in [-0.15, -0.1) is 6.58 Å². The minimum Gasteiger partial charge on any atom is -0.264 e. The van der Waals surface area contributed by atoms with Crippen molar-refractivity contribution >= 4 is 15.9 Å². The van der Waals surface area contributed by atoms with Gasteiger partial charge in [0.2, 0.25) is 0 Å². The van der Waals surface area contributed by atoms with Crippen molar-refractivity contribution in [1.82, 2.24) is 9.78 Å². The average Bonchev–Trinajstić information content (AvgIpc) is 3.09. The van der Waals surface area contributed by atoms with E-state index in [1.807, 2.05) is 23.2 Å². The molecular formula is C15H15BrN2. The fraction of sp³-hybridized carbons (Fsp3) is 0.267. The molecule has 0 N–H and O–H groups in total. The fourth-order valence-corrected chi connectivity index (χ4v) is 3.02. The molecule has 0 bridgehead atoms. The summed E-state index contributed by atoms with van der Waals surface area (Å²) < 4.78 is 3.02. The summed E-state index contributed by atoms with van der Waals surface area (Å²) in [5, 5.41) is 4.42. The Morgan fingerprint density at radius 2 is 2.06 bits per heavy atom. The monoisotopic (exact) mass is 302 g/mol. The molecule has 1 heterocycles. The Hall–Kier alpha value is -1.35. The van der Waals surface area contributed by atoms with E-state index < -0.39 is 0 Å². The molecule has 3 rings (SSSR count). The molecule has 0 amide bonds. The van der Waals surface area contributed by atoms with Gasteiger partial charge >= 0.3 is 0 Å². The summed E-state index contributed by atoms with van der Waals surface area (Å²) in [6.45, 7) is 4.00. The summed E-state index contributed by atoms with van der Waals surface area (Å²) in [5.41, 5.74) is 1.58. The van der Waals surface area contributed by atoms with Gasteiger partial charge in [-0.05, 0) is 34.3 Å². The molecule has 1 saturated carbocycles. The van der Waals surface area contributed by atoms with Crippen LogP contribution in [0.5, 0.6) is 0 Å². The third-order valence-electron chi connectivity index (χ3n) is 3.78. The van der Waals surface area contributed by atoms with E-state index >= 15 is 0 Å². The van der Waals surface area contributed by atoms with Crippen LogP contribution in [0.4, 0.5) is 0 Å². The van der Waals surface area contributed by atoms with Gasteiger partial charge in [-0.2, -0.15) is 5.10 Å². The van der Waals surface area contributed by atoms with Crippen molar-refractivity contribution < 1.29 is 0 Å². The molecule has 0 aliphatic heterocycles. The second-order valence-corrected chi connectivity index (χ2v) is 5.76. The maximum atomic E-state index is 4.42. The first-order valence-electron chi connectivity index (χ1n) is 6.14. The van der Waals surface area contributed by atoms with Crippen LogP contribution in [0.15, 0.2) is 59.9 Å². The quantitative estimate of drug-likeness (QED) is 0.777. The molecular weight excluding hydrogens is 288 g/mol. The van der Waals surface area contributed by atoms with Crippen LogP contribution in [0, 0.1) is 0 Å². The lowest BCUT2D eigenvalue weighted by Crippen LogP contribution is -2.23. The van der Waals surface area contributed by atoms with Crippen LogP contribution in [0.1, 0.15) is 24.4 Å². The van der Waals surface area contributed by atoms with Gasteiger partial charge in [0, 0.05) is 11.6 Å². The highest BCUT2D eigenvalue weighted by molar-refractivity contribution is 9.10. The van der Waals surface area contributed by atoms with E-state index in [1.165, 1.54) is 18.4 Å². The third-order valence-corrected chi connectivity index (χ3v) is 4.19. The first-order valence-corrected chi connectivity index (χ1v) is 6.93. The molecule has 2 aromatic rings. The highest BCUT2D eigenvalue weighted by Gasteiger charge is 2.50. The molecule has 0 unspecified atom stereocenters. The van der Waals surface area contributed by atoms with E-state index in [1.54, 1.807) is 0 Å². The van der Waals surface area contributed by atoms with E-state index in [0.29, 0.717) is 0 Å². The summed E-state index contributed by atoms with van der Waals surface area (Å²) in [4.78, 5) is 0. The second-order valence-electron chi connectivity index (χ2n) is 4.84. The maximum absolute atomic E-state index is 4.42. The second kappa shape index (κ2) is 4.39. The molecule has 92 valence electrons. The highest BCUT2D eigenvalue weighted by atomic mass is 79.9. The maximum Gasteiger partial charge on any atom is 0.0793 e. The van der Waals surface area contributed by atoms with E-state index in [2.05, 4.69) is 57.9 Å². The van der Waals surface area contributed by atoms with Crippen molar-refractivity contribution in [2.75, 3.05) is 0 Å². The van der Waals surface area contributed by atoms with Crippen LogP contribution in [-0.4, -0.2) is 9.78 Å². The van der Waals surface area contributed by atoms with Crippen LogP contribution < -0.4 is 0 Å². The van der Waals surface area contributed by atoms with Crippen molar-refractivity contribution in [2.24, 2.45) is 0 Å². The van der Waals surface area contributed by atoms with Crippen molar-refractivity contribution in [3.63, 3.8) is 0 Å². The Balaban J connectivity index is 2.00. The van der Waals surface area contributed by atoms with Crippen LogP contribution in [-0.2, 0) is 5.41 Å². The number of benzene rings is 1. The lowest BCUT2D eigenvalue weighted by Gasteiger charge is -2.25. The first-order chi connectivity index (χ1) is 8.76. The number of rotatable bonds is 4. The normalized spacial score (nSPS) is 18.3. The predicted molar refractivity (Wildman–Crippen MR) is 76.5 cm³/mol. The first kappa shape index (κ1) is 11.7. The van der Waals surface area contributed by atoms with Gasteiger partial charge in [-0.1, -0.05) is 36.4 Å². The Morgan fingerprint density at radius 1 is 1.33 bits per heavy atom. The fourth-order valence-electron chi connectivity index (χ4n) is 2.71. The van der Waals surface area contributed by atoms with Crippen molar-refractivity contribution in [1.29, 1.82) is 0 Å². The van der Waals surface area contributed by atoms with Crippen LogP contribution in [0.2, 0.25) is 0 Å². The molecule has 1 aromatic carbocycles. The van der Waals surface area contributed by atoms with Crippen LogP contribution in [0.25, 0.3) is 0 Å². The standard InChI is InChI=1S/C15H15BrN2/c1-2-14(18-11-13(16)10-17-18)15(8-9-15)12-6-4-3-5-7-12/h2-7,10-11,14H,1,8-9H2/t14-/m1/s1. The summed E-state index contributed by atoms with van der Waals surface area (Å²) in [6, 6.07) is 10.9. The number of aromatic nitrogens is 2. The highest BCUT2D eigenvalue weighted by Crippen LogP contribution is 2.56. The van der Waals surface area contributed by atoms with Gasteiger partial charge in [0.05, 0.1) is 16.7 Å². The molecule has 1 fully saturated rings. The predicted octanol–water partition coefficient (Wildman–Crippen LogP) is 4.10. The minimum absolute atomic E-state index is 0.189. The van der Waals surface area contributed by atoms with E-state index in [4.69, 9.17) is 0 Å². The van der Waals surface area contributed by atoms with E-state index in [-0.39, 0.29) is 11.5 Å². The zero-order valence-electron chi connectivity index (χ0n) is 10.1. The molecule has 2 nitrogen and oxygen atoms in total. The molecule has 0 spiro atoms. The van der Waals surface area contributed by atoms with Gasteiger partial charge in [0.15, 0.2) is 0 Å². The zero-order valence-corrected chi connectivity index (χ0v) is 11.7. The smallest absolute Gasteiger partial charge is 0.0793 e. The molecule has 0 radical (unpaired) electrons. The number of hydrogen-bond donors (Lipinski definition) is 0. The van der Waals surface area contributed by atoms with Gasteiger partial charge < -0.3 is 0 Å². The Kier molecular flexibility index (Phi) is 2.86. The lowest BCUT2D eigenvalue weighted by atomic mass is 9.88. The lowest BCUT2D eigenvalue weighted by molar-refractivity contribution is 0.432. The molecule has 1 aliphatic carbocycles. The van der Waals surface area contributed by atoms with Gasteiger partial charge in [0.1, 0.15) is 0 Å². The largest absolute Gasteiger partial charge is 0.264 e. The van der Waals surface area contributed by atoms with Crippen LogP contribution >= 0.6 is 15.9 Å². The molecule has 18 heavy (non-hydrogen) atoms. The number of halogens is 1. The number of allylic oxidation sites excluding steroid dienone is 1.